The van der Waals surface area contributed by atoms with Crippen LogP contribution < -0.4 is 15.8 Å². The molecule has 3 heterocycles. The number of carbonyl (C=O) groups excluding carboxylic acids is 2. The van der Waals surface area contributed by atoms with Crippen molar-refractivity contribution in [1.29, 1.82) is 5.26 Å². The first-order valence-electron chi connectivity index (χ1n) is 11.1. The molecule has 0 saturated carbocycles. The van der Waals surface area contributed by atoms with E-state index in [-0.39, 0.29) is 41.3 Å². The molecule has 0 aliphatic carbocycles. The molecule has 186 valence electrons. The summed E-state index contributed by atoms with van der Waals surface area (Å²) in [4.78, 5) is 23.3. The van der Waals surface area contributed by atoms with E-state index in [1.54, 1.807) is 20.8 Å². The minimum absolute atomic E-state index is 0.0170. The van der Waals surface area contributed by atoms with Crippen molar-refractivity contribution in [2.45, 2.75) is 45.2 Å². The van der Waals surface area contributed by atoms with Crippen LogP contribution in [0.2, 0.25) is 0 Å². The van der Waals surface area contributed by atoms with Crippen molar-refractivity contribution in [2.75, 3.05) is 0 Å². The molecule has 36 heavy (non-hydrogen) atoms. The number of ether oxygens (including phenoxy) is 1. The average Bonchev–Trinajstić information content (AvgIpc) is 3.15. The predicted molar refractivity (Wildman–Crippen MR) is 121 cm³/mol. The Labute approximate surface area is 204 Å². The van der Waals surface area contributed by atoms with Crippen molar-refractivity contribution in [3.8, 4) is 23.8 Å². The molecule has 8 nitrogen and oxygen atoms in total. The largest absolute Gasteiger partial charge is 0.422 e. The maximum atomic E-state index is 14.0. The first-order chi connectivity index (χ1) is 16.9. The zero-order chi connectivity index (χ0) is 26.4. The zero-order valence-corrected chi connectivity index (χ0v) is 19.6. The molecule has 1 saturated heterocycles. The van der Waals surface area contributed by atoms with Crippen LogP contribution in [0.25, 0.3) is 0 Å². The molecular formula is C25H22F3N5O3. The number of benzene rings is 1. The molecule has 2 aromatic rings. The second-order valence-electron chi connectivity index (χ2n) is 9.07. The first kappa shape index (κ1) is 24.9. The maximum absolute atomic E-state index is 14.0. The second kappa shape index (κ2) is 8.76. The number of alkyl halides is 3. The van der Waals surface area contributed by atoms with Crippen molar-refractivity contribution in [3.63, 3.8) is 0 Å². The summed E-state index contributed by atoms with van der Waals surface area (Å²) in [7, 11) is 0. The van der Waals surface area contributed by atoms with Crippen LogP contribution in [0.3, 0.4) is 0 Å². The van der Waals surface area contributed by atoms with E-state index >= 15 is 0 Å². The van der Waals surface area contributed by atoms with Gasteiger partial charge in [0, 0.05) is 24.3 Å². The number of imide groups is 1. The Balaban J connectivity index is 1.98. The van der Waals surface area contributed by atoms with E-state index in [2.05, 4.69) is 27.4 Å². The number of carbonyl (C=O) groups is 2. The van der Waals surface area contributed by atoms with E-state index < -0.39 is 40.8 Å². The summed E-state index contributed by atoms with van der Waals surface area (Å²) in [5, 5.41) is 19.1. The van der Waals surface area contributed by atoms with Gasteiger partial charge in [0.1, 0.15) is 11.6 Å². The first-order valence-corrected chi connectivity index (χ1v) is 11.1. The number of aromatic amines is 1. The lowest BCUT2D eigenvalue weighted by Gasteiger charge is -2.41. The second-order valence-corrected chi connectivity index (χ2v) is 9.07. The summed E-state index contributed by atoms with van der Waals surface area (Å²) in [6.07, 6.45) is -4.78. The van der Waals surface area contributed by atoms with Crippen LogP contribution in [0.5, 0.6) is 5.88 Å². The van der Waals surface area contributed by atoms with Gasteiger partial charge in [-0.1, -0.05) is 25.7 Å². The van der Waals surface area contributed by atoms with Gasteiger partial charge in [-0.05, 0) is 36.6 Å². The van der Waals surface area contributed by atoms with E-state index in [0.717, 1.165) is 12.1 Å². The molecule has 0 bridgehead atoms. The molecule has 11 heteroatoms. The van der Waals surface area contributed by atoms with Crippen molar-refractivity contribution in [2.24, 2.45) is 17.6 Å². The van der Waals surface area contributed by atoms with Gasteiger partial charge < -0.3 is 10.5 Å². The Hall–Kier alpha value is -4.25. The number of aromatic nitrogens is 2. The number of amides is 2. The quantitative estimate of drug-likeness (QED) is 0.431. The number of piperidine rings is 1. The number of nitriles is 1. The highest BCUT2D eigenvalue weighted by atomic mass is 19.4. The van der Waals surface area contributed by atoms with Crippen LogP contribution in [-0.4, -0.2) is 22.0 Å². The number of nitrogens with two attached hydrogens (primary N) is 1. The number of aryl methyl sites for hydroxylation is 1. The summed E-state index contributed by atoms with van der Waals surface area (Å²) >= 11 is 0. The number of fused-ring (bicyclic) bond motifs is 1. The molecule has 1 atom stereocenters. The summed E-state index contributed by atoms with van der Waals surface area (Å²) in [5.41, 5.74) is 4.67. The van der Waals surface area contributed by atoms with Crippen molar-refractivity contribution < 1.29 is 27.5 Å². The Morgan fingerprint density at radius 1 is 1.22 bits per heavy atom. The number of H-pyrrole nitrogens is 1. The number of nitrogens with one attached hydrogen (secondary N) is 2. The molecule has 1 aromatic heterocycles. The fourth-order valence-corrected chi connectivity index (χ4v) is 4.93. The third-order valence-electron chi connectivity index (χ3n) is 6.42. The molecule has 2 aliphatic rings. The molecule has 4 rings (SSSR count). The molecule has 2 amide bonds. The third kappa shape index (κ3) is 4.07. The number of hydrogen-bond acceptors (Lipinski definition) is 6. The minimum atomic E-state index is -4.72. The Morgan fingerprint density at radius 2 is 1.89 bits per heavy atom. The fraction of sp³-hybridized carbons (Fsp3) is 0.360. The van der Waals surface area contributed by atoms with Crippen LogP contribution in [-0.2, 0) is 21.2 Å². The van der Waals surface area contributed by atoms with Crippen LogP contribution >= 0.6 is 0 Å². The van der Waals surface area contributed by atoms with E-state index in [4.69, 9.17) is 10.5 Å². The van der Waals surface area contributed by atoms with Gasteiger partial charge in [0.05, 0.1) is 22.2 Å². The van der Waals surface area contributed by atoms with Gasteiger partial charge in [-0.15, -0.1) is 0 Å². The Morgan fingerprint density at radius 3 is 2.47 bits per heavy atom. The number of hydrogen-bond donors (Lipinski definition) is 3. The molecule has 2 aliphatic heterocycles. The lowest BCUT2D eigenvalue weighted by molar-refractivity contribution is -0.138. The Kier molecular flexibility index (Phi) is 6.05. The molecule has 1 aromatic carbocycles. The van der Waals surface area contributed by atoms with E-state index in [1.165, 1.54) is 6.07 Å². The SMILES string of the molecule is Cc1n[nH]c2c1C(c1cc(C#CC3CC(=O)NC(=O)C3)cc(C(F)(F)F)c1)(C(C)C)C(C#N)=C(N)O2. The normalized spacial score (nSPS) is 20.3. The monoisotopic (exact) mass is 497 g/mol. The maximum Gasteiger partial charge on any atom is 0.416 e. The van der Waals surface area contributed by atoms with Crippen molar-refractivity contribution in [1.82, 2.24) is 15.5 Å². The number of nitrogens with zero attached hydrogens (tertiary/aromatic N) is 2. The van der Waals surface area contributed by atoms with Gasteiger partial charge in [-0.2, -0.15) is 23.5 Å². The van der Waals surface area contributed by atoms with Gasteiger partial charge in [0.2, 0.25) is 23.6 Å². The van der Waals surface area contributed by atoms with Gasteiger partial charge in [0.15, 0.2) is 0 Å². The number of halogens is 3. The van der Waals surface area contributed by atoms with Gasteiger partial charge in [-0.3, -0.25) is 14.9 Å². The highest BCUT2D eigenvalue weighted by Gasteiger charge is 2.51. The fourth-order valence-electron chi connectivity index (χ4n) is 4.93. The van der Waals surface area contributed by atoms with Crippen molar-refractivity contribution in [3.05, 3.63) is 57.6 Å². The number of rotatable bonds is 2. The third-order valence-corrected chi connectivity index (χ3v) is 6.42. The van der Waals surface area contributed by atoms with E-state index in [1.807, 2.05) is 6.07 Å². The lowest BCUT2D eigenvalue weighted by Crippen LogP contribution is -2.41. The summed E-state index contributed by atoms with van der Waals surface area (Å²) in [5.74, 6) is 3.34. The van der Waals surface area contributed by atoms with E-state index in [0.29, 0.717) is 11.3 Å². The molecule has 4 N–H and O–H groups in total. The van der Waals surface area contributed by atoms with Crippen molar-refractivity contribution >= 4 is 11.8 Å². The zero-order valence-electron chi connectivity index (χ0n) is 19.6. The summed E-state index contributed by atoms with van der Waals surface area (Å²) in [6, 6.07) is 5.39. The van der Waals surface area contributed by atoms with Crippen LogP contribution in [0.1, 0.15) is 54.6 Å². The summed E-state index contributed by atoms with van der Waals surface area (Å²) < 4.78 is 47.6. The molecule has 1 unspecified atom stereocenters. The Bertz CT molecular complexity index is 1390. The average molecular weight is 497 g/mol. The lowest BCUT2D eigenvalue weighted by atomic mass is 9.61. The number of allylic oxidation sites excluding steroid dienone is 1. The van der Waals surface area contributed by atoms with Crippen LogP contribution in [0, 0.1) is 41.9 Å². The highest BCUT2D eigenvalue weighted by molar-refractivity contribution is 5.98. The van der Waals surface area contributed by atoms with Gasteiger partial charge in [0.25, 0.3) is 0 Å². The molecule has 0 radical (unpaired) electrons. The standard InChI is InChI=1S/C25H22F3N5O3/c1-12(2)24(18(11-29)22(30)36-23-21(24)13(3)32-33-23)16-6-14(7-17(10-16)25(26,27)28)4-5-15-8-19(34)31-20(35)9-15/h6-7,10,12,15H,8-9,30H2,1-3H3,(H,32,33)(H,31,34,35). The molecule has 1 fully saturated rings. The van der Waals surface area contributed by atoms with Crippen LogP contribution in [0.15, 0.2) is 29.7 Å². The van der Waals surface area contributed by atoms with E-state index in [9.17, 15) is 28.0 Å². The van der Waals surface area contributed by atoms with Crippen LogP contribution in [0.4, 0.5) is 13.2 Å². The predicted octanol–water partition coefficient (Wildman–Crippen LogP) is 3.17. The smallest absolute Gasteiger partial charge is 0.416 e. The molecule has 0 spiro atoms. The molecular weight excluding hydrogens is 475 g/mol. The summed E-state index contributed by atoms with van der Waals surface area (Å²) in [6.45, 7) is 5.19. The van der Waals surface area contributed by atoms with Gasteiger partial charge in [-0.25, -0.2) is 5.10 Å². The minimum Gasteiger partial charge on any atom is -0.422 e. The highest BCUT2D eigenvalue weighted by Crippen LogP contribution is 2.53. The van der Waals surface area contributed by atoms with Gasteiger partial charge >= 0.3 is 6.18 Å². The topological polar surface area (TPSA) is 134 Å².